The summed E-state index contributed by atoms with van der Waals surface area (Å²) >= 11 is 0. The summed E-state index contributed by atoms with van der Waals surface area (Å²) in [6.45, 7) is 4.49. The van der Waals surface area contributed by atoms with Crippen LogP contribution in [0.4, 0.5) is 0 Å². The maximum atomic E-state index is 9.89. The maximum absolute atomic E-state index is 9.89. The van der Waals surface area contributed by atoms with Crippen LogP contribution in [0.25, 0.3) is 0 Å². The molecular formula is C12H19NO2. The molecule has 0 aliphatic rings. The van der Waals surface area contributed by atoms with Gasteiger partial charge in [-0.05, 0) is 37.9 Å². The van der Waals surface area contributed by atoms with Gasteiger partial charge in [0.05, 0.1) is 13.2 Å². The van der Waals surface area contributed by atoms with Gasteiger partial charge in [-0.15, -0.1) is 0 Å². The molecule has 3 nitrogen and oxygen atoms in total. The number of hydrogen-bond acceptors (Lipinski definition) is 3. The van der Waals surface area contributed by atoms with Gasteiger partial charge >= 0.3 is 0 Å². The topological polar surface area (TPSA) is 55.5 Å². The Labute approximate surface area is 90.9 Å². The highest BCUT2D eigenvalue weighted by Crippen LogP contribution is 2.31. The number of aryl methyl sites for hydroxylation is 1. The summed E-state index contributed by atoms with van der Waals surface area (Å²) in [5.74, 6) is 0.774. The van der Waals surface area contributed by atoms with E-state index in [1.807, 2.05) is 26.0 Å². The molecule has 1 atom stereocenters. The van der Waals surface area contributed by atoms with Crippen molar-refractivity contribution in [2.24, 2.45) is 5.73 Å². The molecule has 0 fully saturated rings. The molecule has 0 spiro atoms. The zero-order valence-electron chi connectivity index (χ0n) is 9.58. The van der Waals surface area contributed by atoms with E-state index < -0.39 is 6.10 Å². The van der Waals surface area contributed by atoms with Crippen molar-refractivity contribution >= 4 is 0 Å². The number of hydrogen-bond donors (Lipinski definition) is 2. The van der Waals surface area contributed by atoms with Crippen molar-refractivity contribution in [2.45, 2.75) is 26.4 Å². The number of benzene rings is 1. The van der Waals surface area contributed by atoms with Gasteiger partial charge in [-0.25, -0.2) is 0 Å². The second-order valence-corrected chi connectivity index (χ2v) is 3.72. The lowest BCUT2D eigenvalue weighted by molar-refractivity contribution is 0.166. The second-order valence-electron chi connectivity index (χ2n) is 3.72. The molecule has 0 heterocycles. The van der Waals surface area contributed by atoms with Crippen LogP contribution < -0.4 is 10.5 Å². The van der Waals surface area contributed by atoms with Crippen molar-refractivity contribution in [3.8, 4) is 5.75 Å². The van der Waals surface area contributed by atoms with E-state index in [2.05, 4.69) is 0 Å². The van der Waals surface area contributed by atoms with Gasteiger partial charge in [0, 0.05) is 5.56 Å². The summed E-state index contributed by atoms with van der Waals surface area (Å²) in [4.78, 5) is 0. The third kappa shape index (κ3) is 2.49. The van der Waals surface area contributed by atoms with Crippen molar-refractivity contribution in [2.75, 3.05) is 13.7 Å². The van der Waals surface area contributed by atoms with E-state index in [0.29, 0.717) is 13.0 Å². The quantitative estimate of drug-likeness (QED) is 0.793. The van der Waals surface area contributed by atoms with Crippen LogP contribution in [0, 0.1) is 13.8 Å². The Morgan fingerprint density at radius 2 is 2.07 bits per heavy atom. The first-order valence-electron chi connectivity index (χ1n) is 5.14. The molecule has 0 amide bonds. The van der Waals surface area contributed by atoms with Crippen LogP contribution in [-0.2, 0) is 0 Å². The molecule has 84 valence electrons. The monoisotopic (exact) mass is 209 g/mol. The minimum atomic E-state index is -0.538. The molecule has 3 N–H and O–H groups in total. The highest BCUT2D eigenvalue weighted by atomic mass is 16.5. The molecule has 0 aliphatic carbocycles. The van der Waals surface area contributed by atoms with Gasteiger partial charge in [0.2, 0.25) is 0 Å². The van der Waals surface area contributed by atoms with Crippen molar-refractivity contribution in [3.63, 3.8) is 0 Å². The largest absolute Gasteiger partial charge is 0.496 e. The lowest BCUT2D eigenvalue weighted by Crippen LogP contribution is -2.08. The van der Waals surface area contributed by atoms with E-state index in [-0.39, 0.29) is 0 Å². The number of ether oxygens (including phenoxy) is 1. The van der Waals surface area contributed by atoms with Crippen molar-refractivity contribution in [3.05, 3.63) is 28.8 Å². The Kier molecular flexibility index (Phi) is 4.12. The number of methoxy groups -OCH3 is 1. The highest BCUT2D eigenvalue weighted by molar-refractivity contribution is 5.46. The summed E-state index contributed by atoms with van der Waals surface area (Å²) in [7, 11) is 1.63. The van der Waals surface area contributed by atoms with E-state index in [9.17, 15) is 5.11 Å². The minimum Gasteiger partial charge on any atom is -0.496 e. The zero-order valence-corrected chi connectivity index (χ0v) is 9.58. The van der Waals surface area contributed by atoms with E-state index in [1.165, 1.54) is 0 Å². The first kappa shape index (κ1) is 12.0. The number of aliphatic hydroxyl groups excluding tert-OH is 1. The van der Waals surface area contributed by atoms with Gasteiger partial charge in [-0.3, -0.25) is 0 Å². The number of nitrogens with two attached hydrogens (primary N) is 1. The SMILES string of the molecule is COc1c(C(O)CCN)ccc(C)c1C. The predicted octanol–water partition coefficient (Wildman–Crippen LogP) is 1.69. The molecule has 1 aromatic rings. The average Bonchev–Trinajstić information content (AvgIpc) is 2.22. The molecular weight excluding hydrogens is 190 g/mol. The molecule has 0 saturated heterocycles. The molecule has 1 aromatic carbocycles. The summed E-state index contributed by atoms with van der Waals surface area (Å²) in [6.07, 6.45) is 0.0167. The molecule has 0 aromatic heterocycles. The third-order valence-corrected chi connectivity index (χ3v) is 2.71. The normalized spacial score (nSPS) is 12.6. The van der Waals surface area contributed by atoms with E-state index in [0.717, 1.165) is 22.4 Å². The van der Waals surface area contributed by atoms with Gasteiger partial charge < -0.3 is 15.6 Å². The molecule has 0 radical (unpaired) electrons. The Morgan fingerprint density at radius 3 is 2.60 bits per heavy atom. The van der Waals surface area contributed by atoms with Crippen LogP contribution >= 0.6 is 0 Å². The van der Waals surface area contributed by atoms with E-state index in [1.54, 1.807) is 7.11 Å². The van der Waals surface area contributed by atoms with Crippen LogP contribution in [0.3, 0.4) is 0 Å². The van der Waals surface area contributed by atoms with Gasteiger partial charge in [-0.1, -0.05) is 12.1 Å². The van der Waals surface area contributed by atoms with Crippen molar-refractivity contribution < 1.29 is 9.84 Å². The maximum Gasteiger partial charge on any atom is 0.127 e. The first-order valence-corrected chi connectivity index (χ1v) is 5.14. The van der Waals surface area contributed by atoms with Gasteiger partial charge in [0.1, 0.15) is 5.75 Å². The molecule has 3 heteroatoms. The molecule has 0 saturated carbocycles. The second kappa shape index (κ2) is 5.14. The van der Waals surface area contributed by atoms with Crippen LogP contribution in [-0.4, -0.2) is 18.8 Å². The van der Waals surface area contributed by atoms with E-state index >= 15 is 0 Å². The van der Waals surface area contributed by atoms with Crippen molar-refractivity contribution in [1.29, 1.82) is 0 Å². The molecule has 1 rings (SSSR count). The lowest BCUT2D eigenvalue weighted by atomic mass is 9.99. The van der Waals surface area contributed by atoms with Crippen LogP contribution in [0.1, 0.15) is 29.2 Å². The summed E-state index contributed by atoms with van der Waals surface area (Å²) in [6, 6.07) is 3.90. The highest BCUT2D eigenvalue weighted by Gasteiger charge is 2.15. The number of rotatable bonds is 4. The third-order valence-electron chi connectivity index (χ3n) is 2.71. The average molecular weight is 209 g/mol. The fourth-order valence-corrected chi connectivity index (χ4v) is 1.66. The van der Waals surface area contributed by atoms with Gasteiger partial charge in [-0.2, -0.15) is 0 Å². The lowest BCUT2D eigenvalue weighted by Gasteiger charge is -2.17. The summed E-state index contributed by atoms with van der Waals surface area (Å²) in [5.41, 5.74) is 8.49. The van der Waals surface area contributed by atoms with Crippen molar-refractivity contribution in [1.82, 2.24) is 0 Å². The summed E-state index contributed by atoms with van der Waals surface area (Å²) < 4.78 is 5.32. The van der Waals surface area contributed by atoms with Crippen LogP contribution in [0.5, 0.6) is 5.75 Å². The molecule has 15 heavy (non-hydrogen) atoms. The fourth-order valence-electron chi connectivity index (χ4n) is 1.66. The first-order chi connectivity index (χ1) is 7.11. The Bertz CT molecular complexity index is 337. The zero-order chi connectivity index (χ0) is 11.4. The van der Waals surface area contributed by atoms with E-state index in [4.69, 9.17) is 10.5 Å². The summed E-state index contributed by atoms with van der Waals surface area (Å²) in [5, 5.41) is 9.89. The Hall–Kier alpha value is -1.06. The van der Waals surface area contributed by atoms with Gasteiger partial charge in [0.25, 0.3) is 0 Å². The number of aliphatic hydroxyl groups is 1. The molecule has 0 aliphatic heterocycles. The Morgan fingerprint density at radius 1 is 1.40 bits per heavy atom. The van der Waals surface area contributed by atoms with Crippen LogP contribution in [0.2, 0.25) is 0 Å². The van der Waals surface area contributed by atoms with Crippen LogP contribution in [0.15, 0.2) is 12.1 Å². The minimum absolute atomic E-state index is 0.469. The van der Waals surface area contributed by atoms with Gasteiger partial charge in [0.15, 0.2) is 0 Å². The fraction of sp³-hybridized carbons (Fsp3) is 0.500. The predicted molar refractivity (Wildman–Crippen MR) is 61.1 cm³/mol. The standard InChI is InChI=1S/C12H19NO2/c1-8-4-5-10(11(14)6-7-13)12(15-3)9(8)2/h4-5,11,14H,6-7,13H2,1-3H3. The molecule has 0 bridgehead atoms. The smallest absolute Gasteiger partial charge is 0.127 e. The Balaban J connectivity index is 3.12. The molecule has 1 unspecified atom stereocenters.